The topological polar surface area (TPSA) is 41.6 Å². The number of nitrogens with zero attached hydrogens (tertiary/aromatic N) is 1. The first-order valence-corrected chi connectivity index (χ1v) is 7.20. The molecule has 0 spiro atoms. The smallest absolute Gasteiger partial charge is 0.332 e. The van der Waals surface area contributed by atoms with Crippen molar-refractivity contribution in [2.45, 2.75) is 59.0 Å². The Morgan fingerprint density at radius 3 is 2.00 bits per heavy atom. The summed E-state index contributed by atoms with van der Waals surface area (Å²) in [5.41, 5.74) is 0. The lowest BCUT2D eigenvalue weighted by Crippen LogP contribution is -2.55. The Hall–Kier alpha value is -0.820. The standard InChI is InChI=1S/C9H13F3N2O2.2C2H6/c10-9(11,12)16-5-8(15)14-6-1-2-7(14)4-13-3-6;2*1-2/h6-7,13H,1-5H2;2*1-2H3. The van der Waals surface area contributed by atoms with Crippen molar-refractivity contribution in [1.82, 2.24) is 10.2 Å². The van der Waals surface area contributed by atoms with Crippen LogP contribution in [0, 0.1) is 0 Å². The lowest BCUT2D eigenvalue weighted by Gasteiger charge is -2.35. The van der Waals surface area contributed by atoms with Crippen LogP contribution in [0.15, 0.2) is 0 Å². The molecule has 2 unspecified atom stereocenters. The fourth-order valence-corrected chi connectivity index (χ4v) is 2.40. The van der Waals surface area contributed by atoms with E-state index in [2.05, 4.69) is 10.1 Å². The van der Waals surface area contributed by atoms with Gasteiger partial charge in [0.25, 0.3) is 0 Å². The number of carbonyl (C=O) groups excluding carboxylic acids is 1. The van der Waals surface area contributed by atoms with E-state index in [0.29, 0.717) is 13.1 Å². The van der Waals surface area contributed by atoms with Gasteiger partial charge >= 0.3 is 6.36 Å². The van der Waals surface area contributed by atoms with Crippen LogP contribution in [0.3, 0.4) is 0 Å². The third-order valence-corrected chi connectivity index (χ3v) is 3.03. The molecule has 1 amide bonds. The molecule has 2 bridgehead atoms. The highest BCUT2D eigenvalue weighted by Crippen LogP contribution is 2.27. The number of hydrogen-bond donors (Lipinski definition) is 1. The first kappa shape index (κ1) is 19.2. The second-order valence-electron chi connectivity index (χ2n) is 4.08. The number of halogens is 3. The van der Waals surface area contributed by atoms with Crippen LogP contribution in [0.1, 0.15) is 40.5 Å². The molecular formula is C13H25F3N2O2. The lowest BCUT2D eigenvalue weighted by atomic mass is 10.2. The van der Waals surface area contributed by atoms with Gasteiger partial charge in [0, 0.05) is 25.2 Å². The van der Waals surface area contributed by atoms with Crippen molar-refractivity contribution < 1.29 is 22.7 Å². The van der Waals surface area contributed by atoms with E-state index in [1.54, 1.807) is 4.90 Å². The van der Waals surface area contributed by atoms with Gasteiger partial charge in [0.15, 0.2) is 0 Å². The Bertz CT molecular complexity index is 269. The van der Waals surface area contributed by atoms with E-state index in [1.165, 1.54) is 0 Å². The number of fused-ring (bicyclic) bond motifs is 2. The van der Waals surface area contributed by atoms with Crippen molar-refractivity contribution >= 4 is 5.91 Å². The molecule has 0 aliphatic carbocycles. The Morgan fingerprint density at radius 1 is 1.15 bits per heavy atom. The fourth-order valence-electron chi connectivity index (χ4n) is 2.40. The molecule has 120 valence electrons. The molecule has 2 rings (SSSR count). The molecule has 0 aromatic heterocycles. The summed E-state index contributed by atoms with van der Waals surface area (Å²) in [5.74, 6) is -0.564. The molecule has 1 N–H and O–H groups in total. The maximum absolute atomic E-state index is 11.8. The average Bonchev–Trinajstić information content (AvgIpc) is 2.69. The van der Waals surface area contributed by atoms with Gasteiger partial charge in [-0.3, -0.25) is 9.53 Å². The normalized spacial score (nSPS) is 24.2. The molecular weight excluding hydrogens is 273 g/mol. The van der Waals surface area contributed by atoms with Crippen molar-refractivity contribution in [3.63, 3.8) is 0 Å². The third-order valence-electron chi connectivity index (χ3n) is 3.03. The van der Waals surface area contributed by atoms with Crippen LogP contribution in [-0.4, -0.2) is 48.9 Å². The van der Waals surface area contributed by atoms with Crippen molar-refractivity contribution in [2.24, 2.45) is 0 Å². The summed E-state index contributed by atoms with van der Waals surface area (Å²) in [4.78, 5) is 13.1. The molecule has 2 heterocycles. The van der Waals surface area contributed by atoms with Gasteiger partial charge in [-0.15, -0.1) is 13.2 Å². The van der Waals surface area contributed by atoms with E-state index in [1.807, 2.05) is 27.7 Å². The molecule has 0 radical (unpaired) electrons. The van der Waals surface area contributed by atoms with Gasteiger partial charge < -0.3 is 10.2 Å². The third kappa shape index (κ3) is 5.66. The first-order valence-electron chi connectivity index (χ1n) is 7.20. The van der Waals surface area contributed by atoms with Crippen molar-refractivity contribution in [3.8, 4) is 0 Å². The number of amides is 1. The minimum Gasteiger partial charge on any atom is -0.332 e. The summed E-state index contributed by atoms with van der Waals surface area (Å²) in [6.07, 6.45) is -3.02. The van der Waals surface area contributed by atoms with Crippen LogP contribution < -0.4 is 5.32 Å². The maximum atomic E-state index is 11.8. The first-order chi connectivity index (χ1) is 9.47. The second kappa shape index (κ2) is 9.18. The monoisotopic (exact) mass is 298 g/mol. The van der Waals surface area contributed by atoms with E-state index in [4.69, 9.17) is 0 Å². The van der Waals surface area contributed by atoms with E-state index in [9.17, 15) is 18.0 Å². The van der Waals surface area contributed by atoms with Crippen LogP contribution in [0.2, 0.25) is 0 Å². The number of alkyl halides is 3. The SMILES string of the molecule is CC.CC.O=C(COC(F)(F)F)N1C2CCC1CNC2. The number of nitrogens with one attached hydrogen (secondary N) is 1. The van der Waals surface area contributed by atoms with E-state index in [0.717, 1.165) is 12.8 Å². The minimum atomic E-state index is -4.73. The molecule has 2 aliphatic heterocycles. The van der Waals surface area contributed by atoms with Crippen molar-refractivity contribution in [3.05, 3.63) is 0 Å². The summed E-state index contributed by atoms with van der Waals surface area (Å²) in [5, 5.41) is 3.15. The molecule has 4 nitrogen and oxygen atoms in total. The zero-order valence-corrected chi connectivity index (χ0v) is 12.6. The molecule has 0 aromatic rings. The molecule has 20 heavy (non-hydrogen) atoms. The summed E-state index contributed by atoms with van der Waals surface area (Å²) in [6.45, 7) is 8.42. The van der Waals surface area contributed by atoms with Crippen LogP contribution in [0.5, 0.6) is 0 Å². The zero-order chi connectivity index (χ0) is 15.8. The predicted molar refractivity (Wildman–Crippen MR) is 71.2 cm³/mol. The summed E-state index contributed by atoms with van der Waals surface area (Å²) in [7, 11) is 0. The highest BCUT2D eigenvalue weighted by molar-refractivity contribution is 5.78. The molecule has 2 saturated heterocycles. The number of carbonyl (C=O) groups is 1. The number of piperazine rings is 1. The fraction of sp³-hybridized carbons (Fsp3) is 0.923. The van der Waals surface area contributed by atoms with Crippen LogP contribution in [0.4, 0.5) is 13.2 Å². The lowest BCUT2D eigenvalue weighted by molar-refractivity contribution is -0.322. The summed E-state index contributed by atoms with van der Waals surface area (Å²) >= 11 is 0. The highest BCUT2D eigenvalue weighted by Gasteiger charge is 2.40. The van der Waals surface area contributed by atoms with Gasteiger partial charge in [-0.25, -0.2) is 0 Å². The van der Waals surface area contributed by atoms with E-state index < -0.39 is 18.9 Å². The molecule has 2 atom stereocenters. The van der Waals surface area contributed by atoms with E-state index >= 15 is 0 Å². The molecule has 2 fully saturated rings. The highest BCUT2D eigenvalue weighted by atomic mass is 19.4. The number of ether oxygens (including phenoxy) is 1. The van der Waals surface area contributed by atoms with Gasteiger partial charge in [-0.05, 0) is 12.8 Å². The van der Waals surface area contributed by atoms with Crippen LogP contribution in [0.25, 0.3) is 0 Å². The second-order valence-corrected chi connectivity index (χ2v) is 4.08. The van der Waals surface area contributed by atoms with Crippen molar-refractivity contribution in [1.29, 1.82) is 0 Å². The summed E-state index contributed by atoms with van der Waals surface area (Å²) < 4.78 is 38.9. The van der Waals surface area contributed by atoms with Crippen LogP contribution >= 0.6 is 0 Å². The number of rotatable bonds is 2. The molecule has 7 heteroatoms. The molecule has 0 aromatic carbocycles. The predicted octanol–water partition coefficient (Wildman–Crippen LogP) is 2.54. The molecule has 2 aliphatic rings. The minimum absolute atomic E-state index is 0.0306. The average molecular weight is 298 g/mol. The Kier molecular flexibility index (Phi) is 8.80. The number of hydrogen-bond acceptors (Lipinski definition) is 3. The Balaban J connectivity index is 0.000000829. The van der Waals surface area contributed by atoms with Gasteiger partial charge in [0.1, 0.15) is 6.61 Å². The Morgan fingerprint density at radius 2 is 1.60 bits per heavy atom. The maximum Gasteiger partial charge on any atom is 0.523 e. The van der Waals surface area contributed by atoms with Crippen molar-refractivity contribution in [2.75, 3.05) is 19.7 Å². The van der Waals surface area contributed by atoms with Gasteiger partial charge in [0.2, 0.25) is 5.91 Å². The van der Waals surface area contributed by atoms with Gasteiger partial charge in [-0.2, -0.15) is 0 Å². The quantitative estimate of drug-likeness (QED) is 0.852. The zero-order valence-electron chi connectivity index (χ0n) is 12.6. The largest absolute Gasteiger partial charge is 0.523 e. The Labute approximate surface area is 118 Å². The summed E-state index contributed by atoms with van der Waals surface area (Å²) in [6, 6.07) is 0.0613. The van der Waals surface area contributed by atoms with E-state index in [-0.39, 0.29) is 12.1 Å². The molecule has 0 saturated carbocycles. The van der Waals surface area contributed by atoms with Gasteiger partial charge in [0.05, 0.1) is 0 Å². The van der Waals surface area contributed by atoms with Crippen LogP contribution in [-0.2, 0) is 9.53 Å². The van der Waals surface area contributed by atoms with Gasteiger partial charge in [-0.1, -0.05) is 27.7 Å².